The maximum atomic E-state index is 12.3. The van der Waals surface area contributed by atoms with Crippen molar-refractivity contribution < 1.29 is 24.0 Å². The normalized spacial score (nSPS) is 20.2. The van der Waals surface area contributed by atoms with E-state index in [1.54, 1.807) is 29.2 Å². The maximum absolute atomic E-state index is 12.3. The summed E-state index contributed by atoms with van der Waals surface area (Å²) in [6.07, 6.45) is 1.17. The largest absolute Gasteiger partial charge is 0.444 e. The van der Waals surface area contributed by atoms with E-state index in [0.29, 0.717) is 17.7 Å². The third kappa shape index (κ3) is 3.51. The fraction of sp³-hybridized carbons (Fsp3) is 0.500. The zero-order valence-corrected chi connectivity index (χ0v) is 14.7. The van der Waals surface area contributed by atoms with Crippen LogP contribution in [0.1, 0.15) is 54.3 Å². The molecule has 1 unspecified atom stereocenters. The van der Waals surface area contributed by atoms with Crippen molar-refractivity contribution in [2.24, 2.45) is 0 Å². The number of fused-ring (bicyclic) bond motifs is 1. The van der Waals surface area contributed by atoms with Crippen LogP contribution in [0.2, 0.25) is 0 Å². The molecule has 2 heterocycles. The lowest BCUT2D eigenvalue weighted by Crippen LogP contribution is -2.43. The second kappa shape index (κ2) is 6.48. The predicted octanol–water partition coefficient (Wildman–Crippen LogP) is 2.61. The van der Waals surface area contributed by atoms with Gasteiger partial charge in [-0.1, -0.05) is 12.1 Å². The molecule has 0 bridgehead atoms. The SMILES string of the molecule is CC(C)(C)OC(=O)N1CCCC1CON1C(=O)c2ccccc2C1=O. The molecule has 1 aromatic carbocycles. The summed E-state index contributed by atoms with van der Waals surface area (Å²) in [6.45, 7) is 6.08. The van der Waals surface area contributed by atoms with E-state index in [4.69, 9.17) is 9.57 Å². The van der Waals surface area contributed by atoms with Crippen LogP contribution in [-0.2, 0) is 9.57 Å². The van der Waals surface area contributed by atoms with Crippen LogP contribution in [0.5, 0.6) is 0 Å². The Morgan fingerprint density at radius 2 is 1.76 bits per heavy atom. The van der Waals surface area contributed by atoms with Gasteiger partial charge in [-0.05, 0) is 45.7 Å². The number of likely N-dealkylation sites (tertiary alicyclic amines) is 1. The van der Waals surface area contributed by atoms with Crippen molar-refractivity contribution in [2.75, 3.05) is 13.2 Å². The highest BCUT2D eigenvalue weighted by Crippen LogP contribution is 2.25. The van der Waals surface area contributed by atoms with Gasteiger partial charge in [0.2, 0.25) is 0 Å². The Bertz CT molecular complexity index is 675. The number of carbonyl (C=O) groups excluding carboxylic acids is 3. The van der Waals surface area contributed by atoms with Crippen LogP contribution < -0.4 is 0 Å². The van der Waals surface area contributed by atoms with Crippen LogP contribution in [0.25, 0.3) is 0 Å². The van der Waals surface area contributed by atoms with Gasteiger partial charge in [-0.15, -0.1) is 5.06 Å². The summed E-state index contributed by atoms with van der Waals surface area (Å²) in [6, 6.07) is 6.38. The van der Waals surface area contributed by atoms with Gasteiger partial charge in [-0.25, -0.2) is 4.79 Å². The molecule has 0 aromatic heterocycles. The molecule has 7 nitrogen and oxygen atoms in total. The number of hydrogen-bond donors (Lipinski definition) is 0. The van der Waals surface area contributed by atoms with E-state index in [1.807, 2.05) is 20.8 Å². The molecular formula is C18H22N2O5. The molecule has 2 aliphatic rings. The quantitative estimate of drug-likeness (QED) is 0.787. The highest BCUT2D eigenvalue weighted by atomic mass is 16.7. The molecular weight excluding hydrogens is 324 g/mol. The van der Waals surface area contributed by atoms with Crippen LogP contribution in [0.3, 0.4) is 0 Å². The van der Waals surface area contributed by atoms with Crippen molar-refractivity contribution in [3.63, 3.8) is 0 Å². The van der Waals surface area contributed by atoms with Gasteiger partial charge < -0.3 is 9.64 Å². The fourth-order valence-corrected chi connectivity index (χ4v) is 3.01. The van der Waals surface area contributed by atoms with Crippen molar-refractivity contribution in [3.05, 3.63) is 35.4 Å². The Balaban J connectivity index is 1.63. The number of imide groups is 1. The van der Waals surface area contributed by atoms with Crippen LogP contribution >= 0.6 is 0 Å². The first-order chi connectivity index (χ1) is 11.8. The van der Waals surface area contributed by atoms with Crippen molar-refractivity contribution in [2.45, 2.75) is 45.3 Å². The Hall–Kier alpha value is -2.41. The summed E-state index contributed by atoms with van der Waals surface area (Å²) in [5, 5.41) is 0.788. The number of ether oxygens (including phenoxy) is 1. The van der Waals surface area contributed by atoms with E-state index in [0.717, 1.165) is 17.9 Å². The van der Waals surface area contributed by atoms with Crippen LogP contribution in [-0.4, -0.2) is 52.7 Å². The fourth-order valence-electron chi connectivity index (χ4n) is 3.01. The van der Waals surface area contributed by atoms with Crippen LogP contribution in [0.4, 0.5) is 4.79 Å². The minimum atomic E-state index is -0.576. The van der Waals surface area contributed by atoms with E-state index >= 15 is 0 Å². The van der Waals surface area contributed by atoms with Crippen LogP contribution in [0.15, 0.2) is 24.3 Å². The molecule has 0 aliphatic carbocycles. The predicted molar refractivity (Wildman–Crippen MR) is 88.9 cm³/mol. The molecule has 3 amide bonds. The first-order valence-electron chi connectivity index (χ1n) is 8.38. The van der Waals surface area contributed by atoms with E-state index in [9.17, 15) is 14.4 Å². The number of carbonyl (C=O) groups is 3. The number of rotatable bonds is 3. The highest BCUT2D eigenvalue weighted by molar-refractivity contribution is 6.20. The first kappa shape index (κ1) is 17.4. The van der Waals surface area contributed by atoms with Crippen molar-refractivity contribution in [1.82, 2.24) is 9.96 Å². The number of hydrogen-bond acceptors (Lipinski definition) is 5. The number of hydroxylamine groups is 2. The highest BCUT2D eigenvalue weighted by Gasteiger charge is 2.38. The summed E-state index contributed by atoms with van der Waals surface area (Å²) in [4.78, 5) is 43.9. The van der Waals surface area contributed by atoms with Crippen LogP contribution in [0, 0.1) is 0 Å². The molecule has 25 heavy (non-hydrogen) atoms. The van der Waals surface area contributed by atoms with Gasteiger partial charge in [0.15, 0.2) is 0 Å². The van der Waals surface area contributed by atoms with E-state index in [-0.39, 0.29) is 12.6 Å². The average Bonchev–Trinajstić information content (AvgIpc) is 3.09. The monoisotopic (exact) mass is 346 g/mol. The van der Waals surface area contributed by atoms with E-state index in [2.05, 4.69) is 0 Å². The summed E-state index contributed by atoms with van der Waals surface area (Å²) in [7, 11) is 0. The summed E-state index contributed by atoms with van der Waals surface area (Å²) in [5.74, 6) is -0.940. The zero-order valence-electron chi connectivity index (χ0n) is 14.7. The molecule has 1 atom stereocenters. The molecule has 2 aliphatic heterocycles. The molecule has 0 saturated carbocycles. The Morgan fingerprint density at radius 3 is 2.32 bits per heavy atom. The topological polar surface area (TPSA) is 76.2 Å². The van der Waals surface area contributed by atoms with Crippen molar-refractivity contribution in [1.29, 1.82) is 0 Å². The summed E-state index contributed by atoms with van der Waals surface area (Å²) in [5.41, 5.74) is 0.0963. The zero-order chi connectivity index (χ0) is 18.2. The minimum Gasteiger partial charge on any atom is -0.444 e. The lowest BCUT2D eigenvalue weighted by Gasteiger charge is -2.29. The van der Waals surface area contributed by atoms with E-state index < -0.39 is 23.5 Å². The molecule has 7 heteroatoms. The third-order valence-electron chi connectivity index (χ3n) is 4.16. The lowest BCUT2D eigenvalue weighted by atomic mass is 10.1. The minimum absolute atomic E-state index is 0.0741. The Morgan fingerprint density at radius 1 is 1.16 bits per heavy atom. The Labute approximate surface area is 146 Å². The van der Waals surface area contributed by atoms with Gasteiger partial charge in [-0.3, -0.25) is 14.4 Å². The van der Waals surface area contributed by atoms with Gasteiger partial charge in [0.1, 0.15) is 5.60 Å². The molecule has 0 N–H and O–H groups in total. The van der Waals surface area contributed by atoms with Crippen molar-refractivity contribution >= 4 is 17.9 Å². The first-order valence-corrected chi connectivity index (χ1v) is 8.38. The van der Waals surface area contributed by atoms with Crippen molar-refractivity contribution in [3.8, 4) is 0 Å². The molecule has 3 rings (SSSR count). The van der Waals surface area contributed by atoms with Gasteiger partial charge in [0, 0.05) is 6.54 Å². The molecule has 1 saturated heterocycles. The lowest BCUT2D eigenvalue weighted by molar-refractivity contribution is -0.104. The smallest absolute Gasteiger partial charge is 0.410 e. The second-order valence-corrected chi connectivity index (χ2v) is 7.22. The average molecular weight is 346 g/mol. The van der Waals surface area contributed by atoms with Gasteiger partial charge in [0.05, 0.1) is 23.8 Å². The van der Waals surface area contributed by atoms with Gasteiger partial charge in [0.25, 0.3) is 11.8 Å². The molecule has 0 radical (unpaired) electrons. The number of benzene rings is 1. The molecule has 1 fully saturated rings. The molecule has 1 aromatic rings. The maximum Gasteiger partial charge on any atom is 0.410 e. The third-order valence-corrected chi connectivity index (χ3v) is 4.16. The summed E-state index contributed by atoms with van der Waals surface area (Å²) >= 11 is 0. The van der Waals surface area contributed by atoms with E-state index in [1.165, 1.54) is 0 Å². The number of nitrogens with zero attached hydrogens (tertiary/aromatic N) is 2. The van der Waals surface area contributed by atoms with Gasteiger partial charge >= 0.3 is 6.09 Å². The molecule has 134 valence electrons. The number of amides is 3. The molecule has 0 spiro atoms. The summed E-state index contributed by atoms with van der Waals surface area (Å²) < 4.78 is 5.40. The second-order valence-electron chi connectivity index (χ2n) is 7.22. The van der Waals surface area contributed by atoms with Gasteiger partial charge in [-0.2, -0.15) is 0 Å². The Kier molecular flexibility index (Phi) is 4.51. The standard InChI is InChI=1S/C18H22N2O5/c1-18(2,3)25-17(23)19-10-6-7-12(19)11-24-20-15(21)13-8-4-5-9-14(13)16(20)22/h4-5,8-9,12H,6-7,10-11H2,1-3H3.